The largest absolute Gasteiger partial charge is 0.342 e. The molecule has 1 amide bonds. The molecule has 2 heterocycles. The Labute approximate surface area is 131 Å². The number of benzene rings is 1. The number of amides is 1. The van der Waals surface area contributed by atoms with Gasteiger partial charge in [-0.15, -0.1) is 0 Å². The predicted molar refractivity (Wildman–Crippen MR) is 83.8 cm³/mol. The fraction of sp³-hybridized carbons (Fsp3) is 0.556. The second-order valence-electron chi connectivity index (χ2n) is 6.66. The smallest absolute Gasteiger partial charge is 0.236 e. The van der Waals surface area contributed by atoms with Crippen molar-refractivity contribution < 1.29 is 9.59 Å². The lowest BCUT2D eigenvalue weighted by molar-refractivity contribution is -0.132. The zero-order valence-electron chi connectivity index (χ0n) is 12.9. The monoisotopic (exact) mass is 298 g/mol. The number of carbonyl (C=O) groups excluding carboxylic acids is 2. The molecule has 0 spiro atoms. The molecule has 0 N–H and O–H groups in total. The Hall–Kier alpha value is -1.68. The first-order valence-electron chi connectivity index (χ1n) is 8.41. The Morgan fingerprint density at radius 3 is 2.77 bits per heavy atom. The summed E-state index contributed by atoms with van der Waals surface area (Å²) in [4.78, 5) is 28.9. The van der Waals surface area contributed by atoms with Crippen LogP contribution in [0.25, 0.3) is 0 Å². The van der Waals surface area contributed by atoms with E-state index in [4.69, 9.17) is 0 Å². The van der Waals surface area contributed by atoms with E-state index >= 15 is 0 Å². The van der Waals surface area contributed by atoms with E-state index in [9.17, 15) is 9.59 Å². The molecule has 1 aromatic rings. The molecule has 1 atom stereocenters. The maximum atomic E-state index is 12.5. The Bertz CT molecular complexity index is 620. The van der Waals surface area contributed by atoms with Crippen LogP contribution in [0.5, 0.6) is 0 Å². The van der Waals surface area contributed by atoms with Gasteiger partial charge in [-0.3, -0.25) is 14.5 Å². The van der Waals surface area contributed by atoms with E-state index in [2.05, 4.69) is 11.0 Å². The van der Waals surface area contributed by atoms with Crippen LogP contribution in [-0.2, 0) is 11.2 Å². The second kappa shape index (κ2) is 5.51. The number of nitrogens with zero attached hydrogens (tertiary/aromatic N) is 2. The zero-order valence-corrected chi connectivity index (χ0v) is 12.9. The molecule has 1 fully saturated rings. The highest BCUT2D eigenvalue weighted by Gasteiger charge is 2.36. The van der Waals surface area contributed by atoms with Gasteiger partial charge in [-0.1, -0.05) is 18.2 Å². The molecule has 1 saturated heterocycles. The minimum Gasteiger partial charge on any atom is -0.342 e. The molecular weight excluding hydrogens is 276 g/mol. The van der Waals surface area contributed by atoms with Gasteiger partial charge >= 0.3 is 0 Å². The van der Waals surface area contributed by atoms with Gasteiger partial charge in [0.2, 0.25) is 5.91 Å². The Balaban J connectivity index is 1.59. The van der Waals surface area contributed by atoms with Crippen molar-refractivity contribution in [3.63, 3.8) is 0 Å². The van der Waals surface area contributed by atoms with Crippen LogP contribution in [0.1, 0.15) is 53.2 Å². The number of likely N-dealkylation sites (tertiary alicyclic amines) is 1. The minimum atomic E-state index is 0.254. The van der Waals surface area contributed by atoms with E-state index in [0.29, 0.717) is 13.0 Å². The van der Waals surface area contributed by atoms with Crippen LogP contribution in [0, 0.1) is 0 Å². The summed E-state index contributed by atoms with van der Waals surface area (Å²) in [5, 5.41) is 0. The quantitative estimate of drug-likeness (QED) is 0.840. The molecule has 0 aromatic heterocycles. The van der Waals surface area contributed by atoms with Gasteiger partial charge in [0, 0.05) is 37.7 Å². The summed E-state index contributed by atoms with van der Waals surface area (Å²) >= 11 is 0. The SMILES string of the molecule is O=C1CCC2c3c(cccc31)CCN2CC(=O)N1CCCC1. The molecule has 4 rings (SSSR count). The molecule has 0 saturated carbocycles. The lowest BCUT2D eigenvalue weighted by Crippen LogP contribution is -2.45. The molecule has 1 aliphatic carbocycles. The number of carbonyl (C=O) groups is 2. The van der Waals surface area contributed by atoms with E-state index in [-0.39, 0.29) is 17.7 Å². The Kier molecular flexibility index (Phi) is 3.49. The molecule has 22 heavy (non-hydrogen) atoms. The van der Waals surface area contributed by atoms with Gasteiger partial charge in [0.25, 0.3) is 0 Å². The Morgan fingerprint density at radius 2 is 1.95 bits per heavy atom. The van der Waals surface area contributed by atoms with Crippen molar-refractivity contribution in [2.45, 2.75) is 38.1 Å². The van der Waals surface area contributed by atoms with E-state index in [1.165, 1.54) is 11.1 Å². The molecule has 1 aromatic carbocycles. The van der Waals surface area contributed by atoms with Crippen LogP contribution in [0.4, 0.5) is 0 Å². The summed E-state index contributed by atoms with van der Waals surface area (Å²) in [5.74, 6) is 0.524. The van der Waals surface area contributed by atoms with E-state index in [1.54, 1.807) is 0 Å². The van der Waals surface area contributed by atoms with Gasteiger partial charge < -0.3 is 4.90 Å². The van der Waals surface area contributed by atoms with E-state index in [1.807, 2.05) is 17.0 Å². The van der Waals surface area contributed by atoms with Gasteiger partial charge in [-0.2, -0.15) is 0 Å². The topological polar surface area (TPSA) is 40.6 Å². The van der Waals surface area contributed by atoms with E-state index < -0.39 is 0 Å². The van der Waals surface area contributed by atoms with Crippen molar-refractivity contribution in [1.29, 1.82) is 0 Å². The van der Waals surface area contributed by atoms with Gasteiger partial charge in [-0.05, 0) is 36.8 Å². The number of ketones is 1. The molecule has 2 aliphatic heterocycles. The van der Waals surface area contributed by atoms with Crippen LogP contribution < -0.4 is 0 Å². The summed E-state index contributed by atoms with van der Waals surface area (Å²) in [6.07, 6.45) is 4.68. The highest BCUT2D eigenvalue weighted by Crippen LogP contribution is 2.39. The lowest BCUT2D eigenvalue weighted by atomic mass is 9.80. The summed E-state index contributed by atoms with van der Waals surface area (Å²) in [6.45, 7) is 3.26. The molecule has 3 aliphatic rings. The Morgan fingerprint density at radius 1 is 1.14 bits per heavy atom. The van der Waals surface area contributed by atoms with E-state index in [0.717, 1.165) is 50.9 Å². The van der Waals surface area contributed by atoms with Gasteiger partial charge in [0.05, 0.1) is 6.54 Å². The lowest BCUT2D eigenvalue weighted by Gasteiger charge is -2.40. The van der Waals surface area contributed by atoms with Gasteiger partial charge in [0.1, 0.15) is 0 Å². The van der Waals surface area contributed by atoms with Crippen molar-refractivity contribution >= 4 is 11.7 Å². The van der Waals surface area contributed by atoms with Crippen molar-refractivity contribution in [1.82, 2.24) is 9.80 Å². The standard InChI is InChI=1S/C18H22N2O2/c21-16-7-6-15-18-13(4-3-5-14(16)18)8-11-20(15)12-17(22)19-9-1-2-10-19/h3-5,15H,1-2,6-12H2. The molecular formula is C18H22N2O2. The normalized spacial score (nSPS) is 24.5. The van der Waals surface area contributed by atoms with Crippen LogP contribution in [0.3, 0.4) is 0 Å². The fourth-order valence-corrected chi connectivity index (χ4v) is 4.23. The fourth-order valence-electron chi connectivity index (χ4n) is 4.23. The second-order valence-corrected chi connectivity index (χ2v) is 6.66. The van der Waals surface area contributed by atoms with Crippen molar-refractivity contribution in [3.8, 4) is 0 Å². The minimum absolute atomic E-state index is 0.254. The van der Waals surface area contributed by atoms with Crippen molar-refractivity contribution in [2.24, 2.45) is 0 Å². The third-order valence-electron chi connectivity index (χ3n) is 5.38. The predicted octanol–water partition coefficient (Wildman–Crippen LogP) is 2.18. The van der Waals surface area contributed by atoms with Gasteiger partial charge in [-0.25, -0.2) is 0 Å². The van der Waals surface area contributed by atoms with Crippen LogP contribution in [0.15, 0.2) is 18.2 Å². The van der Waals surface area contributed by atoms with Crippen molar-refractivity contribution in [3.05, 3.63) is 34.9 Å². The first-order chi connectivity index (χ1) is 10.7. The molecule has 4 heteroatoms. The first kappa shape index (κ1) is 13.9. The molecule has 0 bridgehead atoms. The van der Waals surface area contributed by atoms with Gasteiger partial charge in [0.15, 0.2) is 5.78 Å². The molecule has 116 valence electrons. The maximum absolute atomic E-state index is 12.5. The average Bonchev–Trinajstić information content (AvgIpc) is 3.07. The summed E-state index contributed by atoms with van der Waals surface area (Å²) in [5.41, 5.74) is 3.41. The molecule has 0 radical (unpaired) electrons. The third kappa shape index (κ3) is 2.26. The maximum Gasteiger partial charge on any atom is 0.236 e. The van der Waals surface area contributed by atoms with Crippen molar-refractivity contribution in [2.75, 3.05) is 26.2 Å². The average molecular weight is 298 g/mol. The zero-order chi connectivity index (χ0) is 15.1. The summed E-state index contributed by atoms with van der Waals surface area (Å²) in [7, 11) is 0. The molecule has 1 unspecified atom stereocenters. The first-order valence-corrected chi connectivity index (χ1v) is 8.41. The number of hydrogen-bond donors (Lipinski definition) is 0. The van der Waals surface area contributed by atoms with Crippen LogP contribution in [-0.4, -0.2) is 47.7 Å². The summed E-state index contributed by atoms with van der Waals surface area (Å²) < 4.78 is 0. The highest BCUT2D eigenvalue weighted by molar-refractivity contribution is 5.99. The third-order valence-corrected chi connectivity index (χ3v) is 5.38. The number of rotatable bonds is 2. The van der Waals surface area contributed by atoms with Crippen LogP contribution >= 0.6 is 0 Å². The number of hydrogen-bond acceptors (Lipinski definition) is 3. The molecule has 4 nitrogen and oxygen atoms in total. The highest BCUT2D eigenvalue weighted by atomic mass is 16.2. The number of Topliss-reactive ketones (excluding diaryl/α,β-unsaturated/α-hetero) is 1. The van der Waals surface area contributed by atoms with Crippen LogP contribution in [0.2, 0.25) is 0 Å². The summed E-state index contributed by atoms with van der Waals surface area (Å²) in [6, 6.07) is 6.35.